The monoisotopic (exact) mass is 285 g/mol. The number of rotatable bonds is 5. The lowest BCUT2D eigenvalue weighted by atomic mass is 9.92. The molecule has 0 bridgehead atoms. The van der Waals surface area contributed by atoms with Crippen LogP contribution in [0.2, 0.25) is 0 Å². The topological polar surface area (TPSA) is 66.8 Å². The van der Waals surface area contributed by atoms with E-state index in [0.29, 0.717) is 12.2 Å². The van der Waals surface area contributed by atoms with Gasteiger partial charge in [0.05, 0.1) is 17.6 Å². The molecule has 106 valence electrons. The van der Waals surface area contributed by atoms with E-state index in [-0.39, 0.29) is 18.0 Å². The number of ether oxygens (including phenoxy) is 1. The Bertz CT molecular complexity index is 532. The van der Waals surface area contributed by atoms with Crippen molar-refractivity contribution in [3.63, 3.8) is 0 Å². The fraction of sp³-hybridized carbons (Fsp3) is 0.538. The molecule has 1 heterocycles. The Labute approximate surface area is 113 Å². The lowest BCUT2D eigenvalue weighted by molar-refractivity contribution is -0.0653. The van der Waals surface area contributed by atoms with Crippen LogP contribution < -0.4 is 4.74 Å². The van der Waals surface area contributed by atoms with Gasteiger partial charge in [0, 0.05) is 13.1 Å². The molecule has 1 aliphatic rings. The van der Waals surface area contributed by atoms with E-state index in [4.69, 9.17) is 4.74 Å². The zero-order valence-corrected chi connectivity index (χ0v) is 12.0. The Morgan fingerprint density at radius 2 is 1.89 bits per heavy atom. The molecule has 0 aliphatic carbocycles. The van der Waals surface area contributed by atoms with Gasteiger partial charge in [-0.25, -0.2) is 8.42 Å². The van der Waals surface area contributed by atoms with E-state index in [0.717, 1.165) is 6.42 Å². The number of methoxy groups -OCH3 is 1. The van der Waals surface area contributed by atoms with Crippen LogP contribution in [-0.4, -0.2) is 43.6 Å². The molecule has 1 aromatic carbocycles. The van der Waals surface area contributed by atoms with E-state index < -0.39 is 15.6 Å². The minimum absolute atomic E-state index is 0.176. The summed E-state index contributed by atoms with van der Waals surface area (Å²) in [6, 6.07) is 6.27. The summed E-state index contributed by atoms with van der Waals surface area (Å²) < 4.78 is 30.9. The van der Waals surface area contributed by atoms with Gasteiger partial charge in [0.1, 0.15) is 5.75 Å². The molecule has 0 amide bonds. The molecule has 0 spiro atoms. The van der Waals surface area contributed by atoms with Gasteiger partial charge in [-0.1, -0.05) is 13.3 Å². The number of hydrogen-bond acceptors (Lipinski definition) is 4. The molecular formula is C13H19NO4S. The summed E-state index contributed by atoms with van der Waals surface area (Å²) in [5.41, 5.74) is -0.853. The van der Waals surface area contributed by atoms with Crippen molar-refractivity contribution in [3.05, 3.63) is 24.3 Å². The minimum atomic E-state index is -3.50. The first-order valence-electron chi connectivity index (χ1n) is 6.28. The molecule has 5 nitrogen and oxygen atoms in total. The number of nitrogens with zero attached hydrogens (tertiary/aromatic N) is 1. The highest BCUT2D eigenvalue weighted by Crippen LogP contribution is 2.31. The molecular weight excluding hydrogens is 266 g/mol. The summed E-state index contributed by atoms with van der Waals surface area (Å²) in [6.07, 6.45) is 1.47. The van der Waals surface area contributed by atoms with Gasteiger partial charge in [0.25, 0.3) is 0 Å². The average molecular weight is 285 g/mol. The van der Waals surface area contributed by atoms with Gasteiger partial charge in [0.15, 0.2) is 0 Å². The largest absolute Gasteiger partial charge is 0.497 e. The molecule has 0 radical (unpaired) electrons. The lowest BCUT2D eigenvalue weighted by Crippen LogP contribution is -2.63. The normalized spacial score (nSPS) is 18.9. The maximum Gasteiger partial charge on any atom is 0.243 e. The predicted octanol–water partition coefficient (Wildman–Crippen LogP) is 1.23. The van der Waals surface area contributed by atoms with Gasteiger partial charge in [-0.15, -0.1) is 0 Å². The van der Waals surface area contributed by atoms with Crippen molar-refractivity contribution >= 4 is 10.0 Å². The van der Waals surface area contributed by atoms with Crippen LogP contribution in [0.3, 0.4) is 0 Å². The first-order valence-corrected chi connectivity index (χ1v) is 7.72. The van der Waals surface area contributed by atoms with Crippen molar-refractivity contribution in [2.45, 2.75) is 30.3 Å². The molecule has 1 N–H and O–H groups in total. The van der Waals surface area contributed by atoms with Gasteiger partial charge in [-0.05, 0) is 30.7 Å². The third kappa shape index (κ3) is 2.75. The summed E-state index contributed by atoms with van der Waals surface area (Å²) in [4.78, 5) is 0.229. The molecule has 1 aliphatic heterocycles. The summed E-state index contributed by atoms with van der Waals surface area (Å²) in [5, 5.41) is 10.0. The third-order valence-corrected chi connectivity index (χ3v) is 5.16. The summed E-state index contributed by atoms with van der Waals surface area (Å²) in [6.45, 7) is 2.32. The van der Waals surface area contributed by atoms with Crippen LogP contribution in [0, 0.1) is 0 Å². The second kappa shape index (κ2) is 5.11. The maximum atomic E-state index is 12.3. The van der Waals surface area contributed by atoms with E-state index in [1.165, 1.54) is 23.5 Å². The first-order chi connectivity index (χ1) is 8.91. The van der Waals surface area contributed by atoms with E-state index in [2.05, 4.69) is 0 Å². The zero-order valence-electron chi connectivity index (χ0n) is 11.2. The number of hydrogen-bond donors (Lipinski definition) is 1. The van der Waals surface area contributed by atoms with Gasteiger partial charge < -0.3 is 9.84 Å². The standard InChI is InChI=1S/C13H19NO4S/c1-3-8-13(15)9-14(10-13)19(16,17)12-6-4-11(18-2)5-7-12/h4-7,15H,3,8-10H2,1-2H3. The van der Waals surface area contributed by atoms with Crippen LogP contribution in [0.4, 0.5) is 0 Å². The Morgan fingerprint density at radius 1 is 1.32 bits per heavy atom. The highest BCUT2D eigenvalue weighted by atomic mass is 32.2. The smallest absolute Gasteiger partial charge is 0.243 e. The van der Waals surface area contributed by atoms with E-state index in [9.17, 15) is 13.5 Å². The first kappa shape index (κ1) is 14.3. The molecule has 0 atom stereocenters. The number of sulfonamides is 1. The number of β-amino-alcohol motifs (C(OH)–C–C–N with tert-alkyl or cyclic N) is 1. The summed E-state index contributed by atoms with van der Waals surface area (Å²) >= 11 is 0. The minimum Gasteiger partial charge on any atom is -0.497 e. The van der Waals surface area contributed by atoms with Crippen molar-refractivity contribution in [2.24, 2.45) is 0 Å². The van der Waals surface area contributed by atoms with Gasteiger partial charge in [-0.3, -0.25) is 0 Å². The van der Waals surface area contributed by atoms with Gasteiger partial charge >= 0.3 is 0 Å². The third-order valence-electron chi connectivity index (χ3n) is 3.35. The van der Waals surface area contributed by atoms with E-state index in [1.807, 2.05) is 6.92 Å². The van der Waals surface area contributed by atoms with Crippen LogP contribution >= 0.6 is 0 Å². The fourth-order valence-corrected chi connectivity index (χ4v) is 3.90. The van der Waals surface area contributed by atoms with Crippen molar-refractivity contribution < 1.29 is 18.3 Å². The van der Waals surface area contributed by atoms with Crippen molar-refractivity contribution in [3.8, 4) is 5.75 Å². The second-order valence-electron chi connectivity index (χ2n) is 4.92. The Kier molecular flexibility index (Phi) is 3.85. The molecule has 19 heavy (non-hydrogen) atoms. The van der Waals surface area contributed by atoms with Crippen molar-refractivity contribution in [2.75, 3.05) is 20.2 Å². The second-order valence-corrected chi connectivity index (χ2v) is 6.86. The van der Waals surface area contributed by atoms with Crippen LogP contribution in [0.1, 0.15) is 19.8 Å². The molecule has 0 saturated carbocycles. The summed E-state index contributed by atoms with van der Waals surface area (Å²) in [5.74, 6) is 0.616. The Balaban J connectivity index is 2.11. The number of benzene rings is 1. The van der Waals surface area contributed by atoms with Crippen LogP contribution in [0.5, 0.6) is 5.75 Å². The zero-order chi connectivity index (χ0) is 14.1. The molecule has 6 heteroatoms. The summed E-state index contributed by atoms with van der Waals surface area (Å²) in [7, 11) is -1.97. The maximum absolute atomic E-state index is 12.3. The predicted molar refractivity (Wildman–Crippen MR) is 71.6 cm³/mol. The van der Waals surface area contributed by atoms with E-state index >= 15 is 0 Å². The van der Waals surface area contributed by atoms with Crippen LogP contribution in [-0.2, 0) is 10.0 Å². The molecule has 1 saturated heterocycles. The lowest BCUT2D eigenvalue weighted by Gasteiger charge is -2.45. The Hall–Kier alpha value is -1.11. The SMILES string of the molecule is CCCC1(O)CN(S(=O)(=O)c2ccc(OC)cc2)C1. The average Bonchev–Trinajstić information content (AvgIpc) is 2.36. The molecule has 1 fully saturated rings. The van der Waals surface area contributed by atoms with Crippen LogP contribution in [0.25, 0.3) is 0 Å². The number of aliphatic hydroxyl groups is 1. The quantitative estimate of drug-likeness (QED) is 0.883. The molecule has 0 aromatic heterocycles. The van der Waals surface area contributed by atoms with E-state index in [1.54, 1.807) is 12.1 Å². The molecule has 1 aromatic rings. The van der Waals surface area contributed by atoms with Gasteiger partial charge in [0.2, 0.25) is 10.0 Å². The molecule has 0 unspecified atom stereocenters. The Morgan fingerprint density at radius 3 is 2.37 bits per heavy atom. The van der Waals surface area contributed by atoms with Crippen LogP contribution in [0.15, 0.2) is 29.2 Å². The van der Waals surface area contributed by atoms with Gasteiger partial charge in [-0.2, -0.15) is 4.31 Å². The highest BCUT2D eigenvalue weighted by Gasteiger charge is 2.46. The molecule has 2 rings (SSSR count). The van der Waals surface area contributed by atoms with Crippen molar-refractivity contribution in [1.29, 1.82) is 0 Å². The fourth-order valence-electron chi connectivity index (χ4n) is 2.30. The highest BCUT2D eigenvalue weighted by molar-refractivity contribution is 7.89. The van der Waals surface area contributed by atoms with Crippen molar-refractivity contribution in [1.82, 2.24) is 4.31 Å².